The van der Waals surface area contributed by atoms with Gasteiger partial charge in [0.2, 0.25) is 0 Å². The Hall–Kier alpha value is -1.26. The highest BCUT2D eigenvalue weighted by Gasteiger charge is 2.44. The summed E-state index contributed by atoms with van der Waals surface area (Å²) in [7, 11) is 3.80. The van der Waals surface area contributed by atoms with Gasteiger partial charge in [0.05, 0.1) is 7.11 Å². The average molecular weight is 248 g/mol. The molecule has 0 amide bonds. The zero-order valence-corrected chi connectivity index (χ0v) is 11.0. The molecule has 2 atom stereocenters. The Bertz CT molecular complexity index is 463. The number of nitrogens with zero attached hydrogens (tertiary/aromatic N) is 1. The van der Waals surface area contributed by atoms with Crippen molar-refractivity contribution in [3.8, 4) is 11.5 Å². The van der Waals surface area contributed by atoms with E-state index < -0.39 is 0 Å². The van der Waals surface area contributed by atoms with Crippen molar-refractivity contribution in [2.75, 3.05) is 27.2 Å². The van der Waals surface area contributed by atoms with E-state index in [-0.39, 0.29) is 11.6 Å². The van der Waals surface area contributed by atoms with Gasteiger partial charge in [-0.2, -0.15) is 0 Å². The fourth-order valence-corrected chi connectivity index (χ4v) is 3.12. The van der Waals surface area contributed by atoms with Gasteiger partial charge in [0.15, 0.2) is 0 Å². The number of hydrogen-bond acceptors (Lipinski definition) is 4. The highest BCUT2D eigenvalue weighted by Crippen LogP contribution is 2.43. The van der Waals surface area contributed by atoms with Crippen LogP contribution in [-0.2, 0) is 0 Å². The van der Waals surface area contributed by atoms with Gasteiger partial charge in [0, 0.05) is 37.5 Å². The quantitative estimate of drug-likeness (QED) is 0.819. The first-order valence-electron chi connectivity index (χ1n) is 6.43. The molecule has 0 aliphatic carbocycles. The van der Waals surface area contributed by atoms with E-state index in [2.05, 4.69) is 11.9 Å². The van der Waals surface area contributed by atoms with Crippen LogP contribution >= 0.6 is 0 Å². The standard InChI is InChI=1S/C14H20N2O2/c1-16-6-5-14(9-16)8-12(15)11-7-10(17-2)3-4-13(11)18-14/h3-4,7,12H,5-6,8-9,15H2,1-2H3/t12-,14?/m0/s1. The lowest BCUT2D eigenvalue weighted by Crippen LogP contribution is -2.44. The summed E-state index contributed by atoms with van der Waals surface area (Å²) in [6.07, 6.45) is 1.94. The monoisotopic (exact) mass is 248 g/mol. The smallest absolute Gasteiger partial charge is 0.125 e. The number of benzene rings is 1. The van der Waals surface area contributed by atoms with Crippen LogP contribution in [0.15, 0.2) is 18.2 Å². The predicted octanol–water partition coefficient (Wildman–Crippen LogP) is 1.55. The summed E-state index contributed by atoms with van der Waals surface area (Å²) in [6.45, 7) is 2.05. The van der Waals surface area contributed by atoms with Crippen molar-refractivity contribution in [1.29, 1.82) is 0 Å². The molecule has 0 saturated carbocycles. The second kappa shape index (κ2) is 4.14. The van der Waals surface area contributed by atoms with E-state index in [9.17, 15) is 0 Å². The molecular weight excluding hydrogens is 228 g/mol. The van der Waals surface area contributed by atoms with Crippen molar-refractivity contribution < 1.29 is 9.47 Å². The number of ether oxygens (including phenoxy) is 2. The molecule has 2 aliphatic heterocycles. The molecule has 2 N–H and O–H groups in total. The van der Waals surface area contributed by atoms with Crippen molar-refractivity contribution >= 4 is 0 Å². The summed E-state index contributed by atoms with van der Waals surface area (Å²) >= 11 is 0. The molecule has 0 radical (unpaired) electrons. The Morgan fingerprint density at radius 2 is 2.33 bits per heavy atom. The Kier molecular flexibility index (Phi) is 2.72. The Balaban J connectivity index is 1.93. The van der Waals surface area contributed by atoms with E-state index in [0.717, 1.165) is 43.0 Å². The van der Waals surface area contributed by atoms with Gasteiger partial charge in [0.25, 0.3) is 0 Å². The Morgan fingerprint density at radius 1 is 1.50 bits per heavy atom. The molecule has 3 rings (SSSR count). The van der Waals surface area contributed by atoms with E-state index in [1.54, 1.807) is 7.11 Å². The molecule has 2 aliphatic rings. The van der Waals surface area contributed by atoms with Crippen LogP contribution in [0.2, 0.25) is 0 Å². The van der Waals surface area contributed by atoms with Crippen molar-refractivity contribution in [3.63, 3.8) is 0 Å². The van der Waals surface area contributed by atoms with Crippen LogP contribution in [0.4, 0.5) is 0 Å². The van der Waals surface area contributed by atoms with Crippen LogP contribution in [0, 0.1) is 0 Å². The summed E-state index contributed by atoms with van der Waals surface area (Å²) in [4.78, 5) is 2.31. The zero-order valence-electron chi connectivity index (χ0n) is 11.0. The van der Waals surface area contributed by atoms with Crippen molar-refractivity contribution in [2.45, 2.75) is 24.5 Å². The first kappa shape index (κ1) is 11.8. The molecule has 1 unspecified atom stereocenters. The van der Waals surface area contributed by atoms with Crippen LogP contribution < -0.4 is 15.2 Å². The largest absolute Gasteiger partial charge is 0.497 e. The normalized spacial score (nSPS) is 31.2. The molecule has 18 heavy (non-hydrogen) atoms. The molecule has 4 heteroatoms. The van der Waals surface area contributed by atoms with Gasteiger partial charge in [-0.25, -0.2) is 0 Å². The Labute approximate surface area is 108 Å². The molecule has 0 bridgehead atoms. The van der Waals surface area contributed by atoms with Gasteiger partial charge in [-0.1, -0.05) is 0 Å². The second-order valence-corrected chi connectivity index (χ2v) is 5.49. The topological polar surface area (TPSA) is 47.7 Å². The molecule has 1 fully saturated rings. The lowest BCUT2D eigenvalue weighted by Gasteiger charge is -2.38. The van der Waals surface area contributed by atoms with Gasteiger partial charge in [-0.15, -0.1) is 0 Å². The summed E-state index contributed by atoms with van der Waals surface area (Å²) in [5.74, 6) is 1.76. The highest BCUT2D eigenvalue weighted by molar-refractivity contribution is 5.44. The number of nitrogens with two attached hydrogens (primary N) is 1. The van der Waals surface area contributed by atoms with Gasteiger partial charge in [-0.05, 0) is 25.2 Å². The third kappa shape index (κ3) is 1.85. The summed E-state index contributed by atoms with van der Waals surface area (Å²) < 4.78 is 11.5. The van der Waals surface area contributed by atoms with Crippen molar-refractivity contribution in [2.24, 2.45) is 5.73 Å². The minimum absolute atomic E-state index is 0.0374. The number of likely N-dealkylation sites (N-methyl/N-ethyl adjacent to an activating group) is 1. The van der Waals surface area contributed by atoms with Gasteiger partial charge in [0.1, 0.15) is 17.1 Å². The minimum Gasteiger partial charge on any atom is -0.497 e. The molecule has 1 spiro atoms. The minimum atomic E-state index is -0.0875. The van der Waals surface area contributed by atoms with Crippen LogP contribution in [0.5, 0.6) is 11.5 Å². The fraction of sp³-hybridized carbons (Fsp3) is 0.571. The molecule has 1 aromatic carbocycles. The second-order valence-electron chi connectivity index (χ2n) is 5.49. The predicted molar refractivity (Wildman–Crippen MR) is 70.0 cm³/mol. The molecule has 98 valence electrons. The summed E-state index contributed by atoms with van der Waals surface area (Å²) in [5, 5.41) is 0. The maximum Gasteiger partial charge on any atom is 0.125 e. The number of rotatable bonds is 1. The molecular formula is C14H20N2O2. The molecule has 1 aromatic rings. The van der Waals surface area contributed by atoms with Crippen LogP contribution in [0.3, 0.4) is 0 Å². The third-order valence-electron chi connectivity index (χ3n) is 4.04. The number of hydrogen-bond donors (Lipinski definition) is 1. The van der Waals surface area contributed by atoms with E-state index >= 15 is 0 Å². The maximum absolute atomic E-state index is 6.32. The van der Waals surface area contributed by atoms with Crippen LogP contribution in [0.1, 0.15) is 24.4 Å². The lowest BCUT2D eigenvalue weighted by molar-refractivity contribution is 0.0465. The number of fused-ring (bicyclic) bond motifs is 1. The summed E-state index contributed by atoms with van der Waals surface area (Å²) in [5.41, 5.74) is 7.29. The van der Waals surface area contributed by atoms with E-state index in [1.807, 2.05) is 18.2 Å². The van der Waals surface area contributed by atoms with E-state index in [4.69, 9.17) is 15.2 Å². The molecule has 4 nitrogen and oxygen atoms in total. The SMILES string of the molecule is COc1ccc2c(c1)[C@@H](N)CC1(CCN(C)C1)O2. The third-order valence-corrected chi connectivity index (χ3v) is 4.04. The summed E-state index contributed by atoms with van der Waals surface area (Å²) in [6, 6.07) is 5.94. The van der Waals surface area contributed by atoms with E-state index in [0.29, 0.717) is 0 Å². The highest BCUT2D eigenvalue weighted by atomic mass is 16.5. The molecule has 0 aromatic heterocycles. The Morgan fingerprint density at radius 3 is 3.00 bits per heavy atom. The van der Waals surface area contributed by atoms with Crippen molar-refractivity contribution in [1.82, 2.24) is 4.90 Å². The number of methoxy groups -OCH3 is 1. The zero-order chi connectivity index (χ0) is 12.8. The van der Waals surface area contributed by atoms with Gasteiger partial charge < -0.3 is 20.1 Å². The van der Waals surface area contributed by atoms with Crippen molar-refractivity contribution in [3.05, 3.63) is 23.8 Å². The fourth-order valence-electron chi connectivity index (χ4n) is 3.12. The number of likely N-dealkylation sites (tertiary alicyclic amines) is 1. The first-order valence-corrected chi connectivity index (χ1v) is 6.43. The van der Waals surface area contributed by atoms with Crippen LogP contribution in [0.25, 0.3) is 0 Å². The maximum atomic E-state index is 6.32. The van der Waals surface area contributed by atoms with E-state index in [1.165, 1.54) is 0 Å². The average Bonchev–Trinajstić information content (AvgIpc) is 2.70. The lowest BCUT2D eigenvalue weighted by atomic mass is 9.87. The molecule has 1 saturated heterocycles. The van der Waals surface area contributed by atoms with Gasteiger partial charge >= 0.3 is 0 Å². The van der Waals surface area contributed by atoms with Crippen LogP contribution in [-0.4, -0.2) is 37.7 Å². The first-order chi connectivity index (χ1) is 8.62. The molecule has 2 heterocycles. The van der Waals surface area contributed by atoms with Gasteiger partial charge in [-0.3, -0.25) is 0 Å².